The minimum Gasteiger partial charge on any atom is -0.354 e. The molecule has 2 aromatic rings. The Morgan fingerprint density at radius 2 is 1.97 bits per heavy atom. The summed E-state index contributed by atoms with van der Waals surface area (Å²) in [5, 5.41) is 18.0. The molecule has 30 heavy (non-hydrogen) atoms. The van der Waals surface area contributed by atoms with E-state index < -0.39 is 14.9 Å². The third-order valence-corrected chi connectivity index (χ3v) is 5.94. The van der Waals surface area contributed by atoms with Gasteiger partial charge >= 0.3 is 0 Å². The monoisotopic (exact) mass is 437 g/mol. The fraction of sp³-hybridized carbons (Fsp3) is 0.474. The number of aryl methyl sites for hydroxylation is 1. The summed E-state index contributed by atoms with van der Waals surface area (Å²) in [6, 6.07) is 4.78. The molecule has 0 unspecified atom stereocenters. The Kier molecular flexibility index (Phi) is 7.68. The lowest BCUT2D eigenvalue weighted by Crippen LogP contribution is -2.35. The Labute approximate surface area is 175 Å². The van der Waals surface area contributed by atoms with Gasteiger partial charge in [-0.2, -0.15) is 5.10 Å². The molecule has 1 aromatic carbocycles. The van der Waals surface area contributed by atoms with Gasteiger partial charge in [-0.25, -0.2) is 13.1 Å². The number of rotatable bonds is 10. The molecule has 0 saturated carbocycles. The Balaban J connectivity index is 1.89. The van der Waals surface area contributed by atoms with Crippen molar-refractivity contribution in [3.8, 4) is 0 Å². The number of aromatic nitrogens is 2. The quantitative estimate of drug-likeness (QED) is 0.330. The first-order valence-corrected chi connectivity index (χ1v) is 11.0. The van der Waals surface area contributed by atoms with Crippen LogP contribution in [0.4, 0.5) is 5.69 Å². The average molecular weight is 438 g/mol. The van der Waals surface area contributed by atoms with Crippen LogP contribution in [-0.2, 0) is 27.8 Å². The molecule has 0 bridgehead atoms. The summed E-state index contributed by atoms with van der Waals surface area (Å²) in [4.78, 5) is 22.2. The lowest BCUT2D eigenvalue weighted by molar-refractivity contribution is -0.385. The van der Waals surface area contributed by atoms with Crippen LogP contribution < -0.4 is 10.0 Å². The molecule has 0 atom stereocenters. The van der Waals surface area contributed by atoms with Crippen LogP contribution in [0.5, 0.6) is 0 Å². The summed E-state index contributed by atoms with van der Waals surface area (Å²) in [5.41, 5.74) is 2.30. The largest absolute Gasteiger partial charge is 0.354 e. The van der Waals surface area contributed by atoms with Crippen molar-refractivity contribution < 1.29 is 18.1 Å². The molecule has 0 radical (unpaired) electrons. The van der Waals surface area contributed by atoms with Gasteiger partial charge in [0.25, 0.3) is 5.69 Å². The zero-order valence-electron chi connectivity index (χ0n) is 17.5. The van der Waals surface area contributed by atoms with Crippen LogP contribution in [0.3, 0.4) is 0 Å². The van der Waals surface area contributed by atoms with Crippen LogP contribution in [0.15, 0.2) is 29.2 Å². The Hall–Kier alpha value is -2.79. The summed E-state index contributed by atoms with van der Waals surface area (Å²) in [7, 11) is -3.91. The first kappa shape index (κ1) is 23.5. The van der Waals surface area contributed by atoms with Crippen LogP contribution in [0, 0.1) is 29.9 Å². The molecular weight excluding hydrogens is 410 g/mol. The minimum absolute atomic E-state index is 0.0403. The van der Waals surface area contributed by atoms with E-state index >= 15 is 0 Å². The molecule has 2 N–H and O–H groups in total. The van der Waals surface area contributed by atoms with Crippen molar-refractivity contribution in [2.24, 2.45) is 5.92 Å². The smallest absolute Gasteiger partial charge is 0.270 e. The molecule has 1 aromatic heterocycles. The standard InChI is InChI=1S/C19H27N5O5S/c1-13(2)12-23-15(4)18(14(3)22-23)11-19(25)20-8-9-21-30(28,29)17-7-5-6-16(10-17)24(26)27/h5-7,10,13,21H,8-9,11-12H2,1-4H3,(H,20,25). The number of hydrogen-bond donors (Lipinski definition) is 2. The second kappa shape index (κ2) is 9.81. The van der Waals surface area contributed by atoms with Gasteiger partial charge in [0.05, 0.1) is 21.9 Å². The van der Waals surface area contributed by atoms with E-state index in [2.05, 4.69) is 29.0 Å². The second-order valence-electron chi connectivity index (χ2n) is 7.40. The molecule has 164 valence electrons. The number of amides is 1. The SMILES string of the molecule is Cc1nn(CC(C)C)c(C)c1CC(=O)NCCNS(=O)(=O)c1cccc([N+](=O)[O-])c1. The maximum absolute atomic E-state index is 12.3. The van der Waals surface area contributed by atoms with E-state index in [0.717, 1.165) is 29.6 Å². The van der Waals surface area contributed by atoms with Crippen molar-refractivity contribution >= 4 is 21.6 Å². The summed E-state index contributed by atoms with van der Waals surface area (Å²) < 4.78 is 28.8. The molecule has 2 rings (SSSR count). The second-order valence-corrected chi connectivity index (χ2v) is 9.17. The number of non-ortho nitro benzene ring substituents is 1. The highest BCUT2D eigenvalue weighted by Crippen LogP contribution is 2.17. The first-order valence-electron chi connectivity index (χ1n) is 9.55. The zero-order valence-corrected chi connectivity index (χ0v) is 18.3. The first-order chi connectivity index (χ1) is 14.0. The third-order valence-electron chi connectivity index (χ3n) is 4.48. The predicted octanol–water partition coefficient (Wildman–Crippen LogP) is 1.70. The van der Waals surface area contributed by atoms with Crippen molar-refractivity contribution in [2.75, 3.05) is 13.1 Å². The number of nitro benzene ring substituents is 1. The molecule has 10 nitrogen and oxygen atoms in total. The molecule has 0 fully saturated rings. The predicted molar refractivity (Wildman–Crippen MR) is 112 cm³/mol. The maximum atomic E-state index is 12.3. The Morgan fingerprint density at radius 1 is 1.27 bits per heavy atom. The maximum Gasteiger partial charge on any atom is 0.270 e. The Morgan fingerprint density at radius 3 is 2.60 bits per heavy atom. The number of hydrogen-bond acceptors (Lipinski definition) is 6. The number of nitrogens with one attached hydrogen (secondary N) is 2. The molecule has 0 saturated heterocycles. The summed E-state index contributed by atoms with van der Waals surface area (Å²) >= 11 is 0. The van der Waals surface area contributed by atoms with Crippen molar-refractivity contribution in [1.29, 1.82) is 0 Å². The molecule has 0 aliphatic heterocycles. The highest BCUT2D eigenvalue weighted by Gasteiger charge is 2.18. The van der Waals surface area contributed by atoms with Crippen molar-refractivity contribution in [2.45, 2.75) is 45.6 Å². The van der Waals surface area contributed by atoms with Crippen LogP contribution >= 0.6 is 0 Å². The van der Waals surface area contributed by atoms with Crippen LogP contribution in [0.1, 0.15) is 30.8 Å². The van der Waals surface area contributed by atoms with Crippen LogP contribution in [0.25, 0.3) is 0 Å². The Bertz CT molecular complexity index is 1030. The fourth-order valence-electron chi connectivity index (χ4n) is 2.97. The highest BCUT2D eigenvalue weighted by molar-refractivity contribution is 7.89. The van der Waals surface area contributed by atoms with Gasteiger partial charge in [-0.05, 0) is 25.8 Å². The van der Waals surface area contributed by atoms with E-state index in [1.165, 1.54) is 18.2 Å². The van der Waals surface area contributed by atoms with Gasteiger partial charge < -0.3 is 5.32 Å². The molecule has 1 amide bonds. The number of nitro groups is 1. The number of nitrogens with zero attached hydrogens (tertiary/aromatic N) is 3. The van der Waals surface area contributed by atoms with Gasteiger partial charge in [-0.1, -0.05) is 19.9 Å². The molecule has 0 aliphatic carbocycles. The number of carbonyl (C=O) groups is 1. The summed E-state index contributed by atoms with van der Waals surface area (Å²) in [5.74, 6) is 0.198. The van der Waals surface area contributed by atoms with Gasteiger partial charge in [-0.15, -0.1) is 0 Å². The zero-order chi connectivity index (χ0) is 22.5. The van der Waals surface area contributed by atoms with Crippen molar-refractivity contribution in [3.63, 3.8) is 0 Å². The highest BCUT2D eigenvalue weighted by atomic mass is 32.2. The normalized spacial score (nSPS) is 11.6. The van der Waals surface area contributed by atoms with E-state index in [9.17, 15) is 23.3 Å². The molecular formula is C19H27N5O5S. The van der Waals surface area contributed by atoms with Gasteiger partial charge in [0.2, 0.25) is 15.9 Å². The van der Waals surface area contributed by atoms with E-state index in [-0.39, 0.29) is 36.0 Å². The third kappa shape index (κ3) is 6.10. The van der Waals surface area contributed by atoms with E-state index in [1.807, 2.05) is 18.5 Å². The molecule has 11 heteroatoms. The molecule has 0 aliphatic rings. The fourth-order valence-corrected chi connectivity index (χ4v) is 4.04. The van der Waals surface area contributed by atoms with Crippen LogP contribution in [-0.4, -0.2) is 42.1 Å². The number of benzene rings is 1. The lowest BCUT2D eigenvalue weighted by atomic mass is 10.1. The molecule has 1 heterocycles. The number of carbonyl (C=O) groups excluding carboxylic acids is 1. The van der Waals surface area contributed by atoms with Crippen LogP contribution in [0.2, 0.25) is 0 Å². The summed E-state index contributed by atoms with van der Waals surface area (Å²) in [6.45, 7) is 8.80. The van der Waals surface area contributed by atoms with Gasteiger partial charge in [0.15, 0.2) is 0 Å². The topological polar surface area (TPSA) is 136 Å². The van der Waals surface area contributed by atoms with E-state index in [4.69, 9.17) is 0 Å². The number of sulfonamides is 1. The minimum atomic E-state index is -3.91. The van der Waals surface area contributed by atoms with Gasteiger partial charge in [0.1, 0.15) is 0 Å². The van der Waals surface area contributed by atoms with Crippen molar-refractivity contribution in [3.05, 3.63) is 51.3 Å². The van der Waals surface area contributed by atoms with E-state index in [1.54, 1.807) is 0 Å². The molecule has 0 spiro atoms. The van der Waals surface area contributed by atoms with Crippen molar-refractivity contribution in [1.82, 2.24) is 19.8 Å². The van der Waals surface area contributed by atoms with Gasteiger partial charge in [-0.3, -0.25) is 19.6 Å². The van der Waals surface area contributed by atoms with E-state index in [0.29, 0.717) is 5.92 Å². The van der Waals surface area contributed by atoms with Gasteiger partial charge in [0, 0.05) is 43.0 Å². The lowest BCUT2D eigenvalue weighted by Gasteiger charge is -2.09. The summed E-state index contributed by atoms with van der Waals surface area (Å²) in [6.07, 6.45) is 0.160. The average Bonchev–Trinajstić information content (AvgIpc) is 2.92.